The molecule has 0 aliphatic carbocycles. The van der Waals surface area contributed by atoms with Crippen molar-refractivity contribution in [2.45, 2.75) is 18.5 Å². The number of hydrogen-bond acceptors (Lipinski definition) is 5. The van der Waals surface area contributed by atoms with E-state index in [1.807, 2.05) is 36.5 Å². The second kappa shape index (κ2) is 10.5. The monoisotopic (exact) mass is 477 g/mol. The van der Waals surface area contributed by atoms with E-state index in [9.17, 15) is 0 Å². The number of benzene rings is 1. The zero-order valence-corrected chi connectivity index (χ0v) is 20.3. The van der Waals surface area contributed by atoms with Crippen molar-refractivity contribution in [2.75, 3.05) is 46.5 Å². The van der Waals surface area contributed by atoms with Crippen LogP contribution < -0.4 is 10.1 Å². The van der Waals surface area contributed by atoms with Gasteiger partial charge in [-0.2, -0.15) is 0 Å². The van der Waals surface area contributed by atoms with E-state index in [1.165, 1.54) is 0 Å². The lowest BCUT2D eigenvalue weighted by Crippen LogP contribution is -2.39. The Hall–Kier alpha value is -2.94. The zero-order chi connectivity index (χ0) is 23.3. The number of thiocarbonyl (C=S) groups is 1. The smallest absolute Gasteiger partial charge is 0.170 e. The molecule has 2 fully saturated rings. The largest absolute Gasteiger partial charge is 0.495 e. The van der Waals surface area contributed by atoms with Gasteiger partial charge in [0.1, 0.15) is 5.75 Å². The molecule has 7 nitrogen and oxygen atoms in total. The average Bonchev–Trinajstić information content (AvgIpc) is 3.49. The van der Waals surface area contributed by atoms with Crippen LogP contribution in [0.25, 0.3) is 5.69 Å². The summed E-state index contributed by atoms with van der Waals surface area (Å²) in [6, 6.07) is 18.4. The van der Waals surface area contributed by atoms with E-state index >= 15 is 0 Å². The molecule has 8 heteroatoms. The van der Waals surface area contributed by atoms with Gasteiger partial charge in [-0.15, -0.1) is 0 Å². The molecule has 3 aromatic rings. The molecular weight excluding hydrogens is 446 g/mol. The van der Waals surface area contributed by atoms with Gasteiger partial charge in [-0.1, -0.05) is 18.2 Å². The van der Waals surface area contributed by atoms with Crippen LogP contribution in [0.4, 0.5) is 0 Å². The standard InChI is InChI=1S/C26H31N5O2S/c1-32-23-11-3-2-9-21(23)30-14-6-10-22(30)25-24(20-8-4-5-12-27-20)28-26(34)31(25)15-7-13-29-16-18-33-19-17-29/h2-6,8-12,14,24-25H,7,13,15-19H2,1H3,(H,28,34)/t24-,25+/m1/s1. The summed E-state index contributed by atoms with van der Waals surface area (Å²) in [7, 11) is 1.71. The minimum Gasteiger partial charge on any atom is -0.495 e. The van der Waals surface area contributed by atoms with Crippen molar-refractivity contribution in [1.29, 1.82) is 0 Å². The van der Waals surface area contributed by atoms with E-state index in [0.717, 1.165) is 73.8 Å². The van der Waals surface area contributed by atoms with Crippen LogP contribution in [-0.4, -0.2) is 71.0 Å². The van der Waals surface area contributed by atoms with Gasteiger partial charge >= 0.3 is 0 Å². The summed E-state index contributed by atoms with van der Waals surface area (Å²) in [5.74, 6) is 0.835. The van der Waals surface area contributed by atoms with Crippen LogP contribution in [0, 0.1) is 0 Å². The summed E-state index contributed by atoms with van der Waals surface area (Å²) in [6.45, 7) is 5.55. The van der Waals surface area contributed by atoms with Crippen LogP contribution >= 0.6 is 12.2 Å². The molecule has 0 bridgehead atoms. The Morgan fingerprint density at radius 2 is 1.88 bits per heavy atom. The summed E-state index contributed by atoms with van der Waals surface area (Å²) < 4.78 is 13.4. The molecule has 1 aromatic carbocycles. The van der Waals surface area contributed by atoms with Gasteiger partial charge in [-0.05, 0) is 55.0 Å². The molecule has 2 atom stereocenters. The van der Waals surface area contributed by atoms with Crippen molar-refractivity contribution >= 4 is 17.3 Å². The second-order valence-electron chi connectivity index (χ2n) is 8.60. The number of aromatic nitrogens is 2. The van der Waals surface area contributed by atoms with E-state index in [0.29, 0.717) is 0 Å². The summed E-state index contributed by atoms with van der Waals surface area (Å²) in [5.41, 5.74) is 3.15. The maximum Gasteiger partial charge on any atom is 0.170 e. The molecule has 2 aromatic heterocycles. The van der Waals surface area contributed by atoms with Gasteiger partial charge < -0.3 is 24.3 Å². The number of hydrogen-bond donors (Lipinski definition) is 1. The molecule has 0 amide bonds. The first-order chi connectivity index (χ1) is 16.8. The molecule has 2 aliphatic heterocycles. The highest BCUT2D eigenvalue weighted by atomic mass is 32.1. The summed E-state index contributed by atoms with van der Waals surface area (Å²) in [4.78, 5) is 9.48. The van der Waals surface area contributed by atoms with Gasteiger partial charge in [0.25, 0.3) is 0 Å². The van der Waals surface area contributed by atoms with Gasteiger partial charge in [0.2, 0.25) is 0 Å². The van der Waals surface area contributed by atoms with E-state index in [1.54, 1.807) is 7.11 Å². The van der Waals surface area contributed by atoms with Crippen LogP contribution in [0.3, 0.4) is 0 Å². The molecule has 2 aliphatic rings. The van der Waals surface area contributed by atoms with Crippen molar-refractivity contribution in [3.05, 3.63) is 78.4 Å². The predicted octanol–water partition coefficient (Wildman–Crippen LogP) is 3.58. The van der Waals surface area contributed by atoms with Crippen molar-refractivity contribution in [2.24, 2.45) is 0 Å². The van der Waals surface area contributed by atoms with Crippen LogP contribution in [-0.2, 0) is 4.74 Å². The molecule has 0 spiro atoms. The third kappa shape index (κ3) is 4.66. The molecule has 4 heterocycles. The normalized spacial score (nSPS) is 21.0. The molecule has 1 N–H and O–H groups in total. The highest BCUT2D eigenvalue weighted by Gasteiger charge is 2.41. The SMILES string of the molecule is COc1ccccc1-n1cccc1[C@H]1[C@@H](c2ccccn2)NC(=S)N1CCCN1CCOCC1. The minimum atomic E-state index is -0.0413. The first-order valence-electron chi connectivity index (χ1n) is 11.8. The quantitative estimate of drug-likeness (QED) is 0.498. The molecule has 34 heavy (non-hydrogen) atoms. The Morgan fingerprint density at radius 1 is 1.06 bits per heavy atom. The number of nitrogens with one attached hydrogen (secondary N) is 1. The first-order valence-corrected chi connectivity index (χ1v) is 12.3. The third-order valence-electron chi connectivity index (χ3n) is 6.60. The van der Waals surface area contributed by atoms with Crippen molar-refractivity contribution < 1.29 is 9.47 Å². The number of ether oxygens (including phenoxy) is 2. The number of rotatable bonds is 8. The minimum absolute atomic E-state index is 0.00648. The molecule has 0 radical (unpaired) electrons. The molecule has 178 valence electrons. The van der Waals surface area contributed by atoms with Crippen LogP contribution in [0.2, 0.25) is 0 Å². The predicted molar refractivity (Wildman–Crippen MR) is 136 cm³/mol. The van der Waals surface area contributed by atoms with E-state index in [4.69, 9.17) is 21.7 Å². The maximum atomic E-state index is 5.87. The Balaban J connectivity index is 1.46. The highest BCUT2D eigenvalue weighted by molar-refractivity contribution is 7.80. The Morgan fingerprint density at radius 3 is 2.68 bits per heavy atom. The maximum absolute atomic E-state index is 5.87. The van der Waals surface area contributed by atoms with Crippen molar-refractivity contribution in [3.8, 4) is 11.4 Å². The molecule has 5 rings (SSSR count). The van der Waals surface area contributed by atoms with Gasteiger partial charge in [0, 0.05) is 44.3 Å². The van der Waals surface area contributed by atoms with Crippen LogP contribution in [0.5, 0.6) is 5.75 Å². The Kier molecular flexibility index (Phi) is 7.08. The molecule has 2 saturated heterocycles. The molecule has 0 saturated carbocycles. The van der Waals surface area contributed by atoms with Gasteiger partial charge in [0.15, 0.2) is 5.11 Å². The first kappa shape index (κ1) is 22.8. The average molecular weight is 478 g/mol. The lowest BCUT2D eigenvalue weighted by atomic mass is 10.0. The van der Waals surface area contributed by atoms with Gasteiger partial charge in [0.05, 0.1) is 43.8 Å². The summed E-state index contributed by atoms with van der Waals surface area (Å²) >= 11 is 5.87. The van der Waals surface area contributed by atoms with Gasteiger partial charge in [-0.25, -0.2) is 0 Å². The Labute approximate surface area is 206 Å². The fraction of sp³-hybridized carbons (Fsp3) is 0.385. The Bertz CT molecular complexity index is 1100. The number of pyridine rings is 1. The third-order valence-corrected chi connectivity index (χ3v) is 6.96. The van der Waals surface area contributed by atoms with E-state index in [2.05, 4.69) is 55.1 Å². The van der Waals surface area contributed by atoms with Crippen molar-refractivity contribution in [1.82, 2.24) is 24.7 Å². The van der Waals surface area contributed by atoms with Crippen LogP contribution in [0.15, 0.2) is 67.0 Å². The zero-order valence-electron chi connectivity index (χ0n) is 19.5. The molecular formula is C26H31N5O2S. The number of para-hydroxylation sites is 2. The lowest BCUT2D eigenvalue weighted by Gasteiger charge is -2.31. The topological polar surface area (TPSA) is 54.8 Å². The van der Waals surface area contributed by atoms with Crippen molar-refractivity contribution in [3.63, 3.8) is 0 Å². The summed E-state index contributed by atoms with van der Waals surface area (Å²) in [5, 5.41) is 4.34. The van der Waals surface area contributed by atoms with Gasteiger partial charge in [-0.3, -0.25) is 9.88 Å². The number of methoxy groups -OCH3 is 1. The summed E-state index contributed by atoms with van der Waals surface area (Å²) in [6.07, 6.45) is 4.97. The molecule has 0 unspecified atom stereocenters. The fourth-order valence-corrected chi connectivity index (χ4v) is 5.27. The van der Waals surface area contributed by atoms with E-state index in [-0.39, 0.29) is 12.1 Å². The number of nitrogens with zero attached hydrogens (tertiary/aromatic N) is 4. The van der Waals surface area contributed by atoms with Crippen LogP contribution in [0.1, 0.15) is 29.9 Å². The number of morpholine rings is 1. The fourth-order valence-electron chi connectivity index (χ4n) is 4.94. The lowest BCUT2D eigenvalue weighted by molar-refractivity contribution is 0.0365. The highest BCUT2D eigenvalue weighted by Crippen LogP contribution is 2.40. The second-order valence-corrected chi connectivity index (χ2v) is 8.99. The van der Waals surface area contributed by atoms with E-state index < -0.39 is 0 Å².